The molecular weight excluding hydrogens is 257 g/mol. The fraction of sp³-hybridized carbons (Fsp3) is 0.923. The third kappa shape index (κ3) is 4.37. The zero-order chi connectivity index (χ0) is 14.5. The Labute approximate surface area is 112 Å². The van der Waals surface area contributed by atoms with E-state index in [0.29, 0.717) is 25.8 Å². The molecule has 1 aliphatic heterocycles. The molecule has 1 N–H and O–H groups in total. The lowest BCUT2D eigenvalue weighted by molar-refractivity contribution is -0.168. The molecule has 0 aromatic carbocycles. The highest BCUT2D eigenvalue weighted by Crippen LogP contribution is 2.33. The Kier molecular flexibility index (Phi) is 5.64. The van der Waals surface area contributed by atoms with E-state index >= 15 is 0 Å². The molecule has 1 amide bonds. The average molecular weight is 280 g/mol. The van der Waals surface area contributed by atoms with E-state index in [4.69, 9.17) is 0 Å². The molecule has 1 aliphatic rings. The van der Waals surface area contributed by atoms with Crippen LogP contribution in [0.15, 0.2) is 0 Å². The number of carbonyl (C=O) groups excluding carboxylic acids is 1. The number of piperidine rings is 1. The summed E-state index contributed by atoms with van der Waals surface area (Å²) in [6, 6.07) is 0. The minimum atomic E-state index is -4.33. The molecular formula is C13H23F3N2O. The van der Waals surface area contributed by atoms with Gasteiger partial charge in [0.05, 0.1) is 5.41 Å². The molecule has 19 heavy (non-hydrogen) atoms. The Bertz CT molecular complexity index is 299. The van der Waals surface area contributed by atoms with E-state index < -0.39 is 18.1 Å². The Morgan fingerprint density at radius 3 is 2.47 bits per heavy atom. The molecule has 0 saturated carbocycles. The summed E-state index contributed by atoms with van der Waals surface area (Å²) >= 11 is 0. The summed E-state index contributed by atoms with van der Waals surface area (Å²) in [4.78, 5) is 13.5. The first-order valence-electron chi connectivity index (χ1n) is 6.91. The van der Waals surface area contributed by atoms with Crippen molar-refractivity contribution in [2.75, 3.05) is 26.2 Å². The Hall–Kier alpha value is -0.780. The number of amides is 1. The van der Waals surface area contributed by atoms with Gasteiger partial charge >= 0.3 is 6.18 Å². The van der Waals surface area contributed by atoms with Crippen LogP contribution in [0.3, 0.4) is 0 Å². The minimum absolute atomic E-state index is 0.167. The van der Waals surface area contributed by atoms with E-state index in [-0.39, 0.29) is 12.5 Å². The van der Waals surface area contributed by atoms with Crippen LogP contribution >= 0.6 is 0 Å². The highest BCUT2D eigenvalue weighted by molar-refractivity contribution is 5.83. The van der Waals surface area contributed by atoms with E-state index in [0.717, 1.165) is 17.9 Å². The second-order valence-corrected chi connectivity index (χ2v) is 5.26. The summed E-state index contributed by atoms with van der Waals surface area (Å²) < 4.78 is 37.7. The fourth-order valence-corrected chi connectivity index (χ4v) is 2.68. The third-order valence-electron chi connectivity index (χ3n) is 3.75. The first-order chi connectivity index (χ1) is 8.84. The van der Waals surface area contributed by atoms with Gasteiger partial charge in [-0.05, 0) is 32.2 Å². The summed E-state index contributed by atoms with van der Waals surface area (Å²) in [6.07, 6.45) is -1.70. The van der Waals surface area contributed by atoms with Crippen LogP contribution in [0, 0.1) is 5.41 Å². The maximum absolute atomic E-state index is 12.6. The van der Waals surface area contributed by atoms with E-state index in [1.165, 1.54) is 0 Å². The van der Waals surface area contributed by atoms with Gasteiger partial charge in [-0.15, -0.1) is 0 Å². The molecule has 1 unspecified atom stereocenters. The monoisotopic (exact) mass is 280 g/mol. The number of carbonyl (C=O) groups is 1. The van der Waals surface area contributed by atoms with Gasteiger partial charge in [0.1, 0.15) is 6.54 Å². The molecule has 0 bridgehead atoms. The minimum Gasteiger partial charge on any atom is -0.333 e. The lowest BCUT2D eigenvalue weighted by Gasteiger charge is -2.39. The Balaban J connectivity index is 2.84. The Morgan fingerprint density at radius 1 is 1.37 bits per heavy atom. The molecule has 0 radical (unpaired) electrons. The number of hydrogen-bond acceptors (Lipinski definition) is 2. The van der Waals surface area contributed by atoms with Gasteiger partial charge in [-0.3, -0.25) is 4.79 Å². The summed E-state index contributed by atoms with van der Waals surface area (Å²) in [7, 11) is 0. The third-order valence-corrected chi connectivity index (χ3v) is 3.75. The van der Waals surface area contributed by atoms with Gasteiger partial charge in [0.25, 0.3) is 0 Å². The van der Waals surface area contributed by atoms with Crippen molar-refractivity contribution in [3.8, 4) is 0 Å². The molecule has 112 valence electrons. The molecule has 1 rings (SSSR count). The molecule has 1 atom stereocenters. The molecule has 1 saturated heterocycles. The van der Waals surface area contributed by atoms with Crippen LogP contribution < -0.4 is 5.32 Å². The number of rotatable bonds is 5. The lowest BCUT2D eigenvalue weighted by atomic mass is 9.77. The van der Waals surface area contributed by atoms with Crippen molar-refractivity contribution >= 4 is 5.91 Å². The first kappa shape index (κ1) is 16.3. The summed E-state index contributed by atoms with van der Waals surface area (Å²) in [6.45, 7) is 4.01. The second kappa shape index (κ2) is 6.59. The molecule has 1 fully saturated rings. The van der Waals surface area contributed by atoms with Gasteiger partial charge in [-0.25, -0.2) is 0 Å². The summed E-state index contributed by atoms with van der Waals surface area (Å²) in [5, 5.41) is 3.14. The van der Waals surface area contributed by atoms with Crippen molar-refractivity contribution in [2.24, 2.45) is 5.41 Å². The summed E-state index contributed by atoms with van der Waals surface area (Å²) in [5.74, 6) is -0.346. The van der Waals surface area contributed by atoms with E-state index in [9.17, 15) is 18.0 Å². The molecule has 3 nitrogen and oxygen atoms in total. The average Bonchev–Trinajstić information content (AvgIpc) is 2.36. The van der Waals surface area contributed by atoms with E-state index in [1.807, 2.05) is 6.92 Å². The quantitative estimate of drug-likeness (QED) is 0.839. The predicted molar refractivity (Wildman–Crippen MR) is 67.8 cm³/mol. The molecule has 6 heteroatoms. The SMILES string of the molecule is CCCN(CC(F)(F)F)C(=O)C1(CC)CCCNC1. The zero-order valence-electron chi connectivity index (χ0n) is 11.6. The highest BCUT2D eigenvalue weighted by atomic mass is 19.4. The van der Waals surface area contributed by atoms with Crippen LogP contribution in [0.25, 0.3) is 0 Å². The second-order valence-electron chi connectivity index (χ2n) is 5.26. The molecule has 0 aromatic rings. The van der Waals surface area contributed by atoms with Gasteiger partial charge in [-0.2, -0.15) is 13.2 Å². The van der Waals surface area contributed by atoms with Crippen LogP contribution in [-0.2, 0) is 4.79 Å². The van der Waals surface area contributed by atoms with Crippen LogP contribution in [0.1, 0.15) is 39.5 Å². The van der Waals surface area contributed by atoms with E-state index in [1.54, 1.807) is 6.92 Å². The fourth-order valence-electron chi connectivity index (χ4n) is 2.68. The number of alkyl halides is 3. The van der Waals surface area contributed by atoms with Gasteiger partial charge in [-0.1, -0.05) is 13.8 Å². The Morgan fingerprint density at radius 2 is 2.05 bits per heavy atom. The van der Waals surface area contributed by atoms with Crippen LogP contribution in [0.2, 0.25) is 0 Å². The van der Waals surface area contributed by atoms with Crippen LogP contribution in [0.4, 0.5) is 13.2 Å². The van der Waals surface area contributed by atoms with Crippen molar-refractivity contribution < 1.29 is 18.0 Å². The maximum atomic E-state index is 12.6. The van der Waals surface area contributed by atoms with Gasteiger partial charge in [0.2, 0.25) is 5.91 Å². The van der Waals surface area contributed by atoms with Gasteiger partial charge in [0.15, 0.2) is 0 Å². The van der Waals surface area contributed by atoms with Crippen molar-refractivity contribution in [1.29, 1.82) is 0 Å². The predicted octanol–water partition coefficient (Wildman–Crippen LogP) is 2.57. The highest BCUT2D eigenvalue weighted by Gasteiger charge is 2.43. The van der Waals surface area contributed by atoms with Crippen molar-refractivity contribution in [3.05, 3.63) is 0 Å². The first-order valence-corrected chi connectivity index (χ1v) is 6.91. The van der Waals surface area contributed by atoms with Crippen LogP contribution in [0.5, 0.6) is 0 Å². The standard InChI is InChI=1S/C13H23F3N2O/c1-3-8-18(10-13(14,15)16)11(19)12(4-2)6-5-7-17-9-12/h17H,3-10H2,1-2H3. The number of halogens is 3. The van der Waals surface area contributed by atoms with Gasteiger partial charge < -0.3 is 10.2 Å². The zero-order valence-corrected chi connectivity index (χ0v) is 11.6. The molecule has 0 aliphatic carbocycles. The van der Waals surface area contributed by atoms with Crippen molar-refractivity contribution in [3.63, 3.8) is 0 Å². The lowest BCUT2D eigenvalue weighted by Crippen LogP contribution is -2.53. The van der Waals surface area contributed by atoms with Gasteiger partial charge in [0, 0.05) is 13.1 Å². The van der Waals surface area contributed by atoms with E-state index in [2.05, 4.69) is 5.32 Å². The summed E-state index contributed by atoms with van der Waals surface area (Å²) in [5.41, 5.74) is -0.654. The topological polar surface area (TPSA) is 32.3 Å². The number of hydrogen-bond donors (Lipinski definition) is 1. The number of nitrogens with zero attached hydrogens (tertiary/aromatic N) is 1. The van der Waals surface area contributed by atoms with Crippen LogP contribution in [-0.4, -0.2) is 43.2 Å². The molecule has 0 aromatic heterocycles. The van der Waals surface area contributed by atoms with Crippen molar-refractivity contribution in [2.45, 2.75) is 45.7 Å². The smallest absolute Gasteiger partial charge is 0.333 e. The normalized spacial score (nSPS) is 24.3. The van der Waals surface area contributed by atoms with Crippen molar-refractivity contribution in [1.82, 2.24) is 10.2 Å². The maximum Gasteiger partial charge on any atom is 0.406 e. The molecule has 0 spiro atoms. The molecule has 1 heterocycles. The largest absolute Gasteiger partial charge is 0.406 e. The number of nitrogens with one attached hydrogen (secondary N) is 1.